The van der Waals surface area contributed by atoms with E-state index in [0.717, 1.165) is 23.1 Å². The maximum Gasteiger partial charge on any atom is 0.191 e. The van der Waals surface area contributed by atoms with Crippen LogP contribution in [-0.2, 0) is 6.54 Å². The molecule has 25 heavy (non-hydrogen) atoms. The van der Waals surface area contributed by atoms with Gasteiger partial charge in [0.1, 0.15) is 0 Å². The molecule has 0 radical (unpaired) electrons. The molecule has 2 aromatic rings. The number of guanidine groups is 1. The van der Waals surface area contributed by atoms with Gasteiger partial charge in [-0.25, -0.2) is 0 Å². The molecule has 4 nitrogen and oxygen atoms in total. The van der Waals surface area contributed by atoms with Crippen molar-refractivity contribution in [3.8, 4) is 0 Å². The van der Waals surface area contributed by atoms with Gasteiger partial charge in [-0.1, -0.05) is 54.1 Å². The van der Waals surface area contributed by atoms with Gasteiger partial charge in [0.05, 0.1) is 6.04 Å². The van der Waals surface area contributed by atoms with E-state index in [4.69, 9.17) is 11.6 Å². The average molecular weight is 473 g/mol. The van der Waals surface area contributed by atoms with Crippen molar-refractivity contribution in [2.24, 2.45) is 4.99 Å². The van der Waals surface area contributed by atoms with Gasteiger partial charge in [0.15, 0.2) is 5.96 Å². The minimum absolute atomic E-state index is 0. The number of benzene rings is 2. The molecule has 1 atom stereocenters. The molecule has 0 amide bonds. The normalized spacial score (nSPS) is 12.4. The number of nitrogens with zero attached hydrogens (tertiary/aromatic N) is 2. The fourth-order valence-corrected chi connectivity index (χ4v) is 2.60. The predicted molar refractivity (Wildman–Crippen MR) is 118 cm³/mol. The van der Waals surface area contributed by atoms with Crippen molar-refractivity contribution in [2.75, 3.05) is 27.7 Å². The first-order valence-corrected chi connectivity index (χ1v) is 8.38. The molecule has 0 spiro atoms. The van der Waals surface area contributed by atoms with E-state index in [-0.39, 0.29) is 30.0 Å². The van der Waals surface area contributed by atoms with Gasteiger partial charge < -0.3 is 15.5 Å². The second-order valence-electron chi connectivity index (χ2n) is 5.82. The summed E-state index contributed by atoms with van der Waals surface area (Å²) in [5.74, 6) is 0.785. The van der Waals surface area contributed by atoms with E-state index in [0.29, 0.717) is 6.54 Å². The Morgan fingerprint density at radius 3 is 2.24 bits per heavy atom. The maximum atomic E-state index is 5.91. The van der Waals surface area contributed by atoms with Crippen molar-refractivity contribution in [1.82, 2.24) is 15.5 Å². The van der Waals surface area contributed by atoms with Crippen LogP contribution in [0.3, 0.4) is 0 Å². The highest BCUT2D eigenvalue weighted by molar-refractivity contribution is 14.0. The molecule has 0 fully saturated rings. The van der Waals surface area contributed by atoms with Gasteiger partial charge in [-0.3, -0.25) is 4.99 Å². The number of hydrogen-bond donors (Lipinski definition) is 2. The lowest BCUT2D eigenvalue weighted by atomic mass is 10.1. The lowest BCUT2D eigenvalue weighted by Gasteiger charge is -2.26. The number of aliphatic imine (C=N–C) groups is 1. The summed E-state index contributed by atoms with van der Waals surface area (Å²) in [6, 6.07) is 18.6. The molecule has 0 saturated carbocycles. The van der Waals surface area contributed by atoms with Crippen LogP contribution in [0.15, 0.2) is 59.6 Å². The van der Waals surface area contributed by atoms with E-state index in [2.05, 4.69) is 58.9 Å². The molecule has 0 aliphatic carbocycles. The third-order valence-electron chi connectivity index (χ3n) is 3.87. The minimum Gasteiger partial charge on any atom is -0.354 e. The Hall–Kier alpha value is -1.31. The second kappa shape index (κ2) is 11.3. The largest absolute Gasteiger partial charge is 0.354 e. The van der Waals surface area contributed by atoms with Crippen LogP contribution >= 0.6 is 35.6 Å². The summed E-state index contributed by atoms with van der Waals surface area (Å²) in [6.45, 7) is 1.48. The van der Waals surface area contributed by atoms with Crippen molar-refractivity contribution >= 4 is 41.5 Å². The van der Waals surface area contributed by atoms with Gasteiger partial charge >= 0.3 is 0 Å². The average Bonchev–Trinajstić information content (AvgIpc) is 2.60. The zero-order valence-corrected chi connectivity index (χ0v) is 18.0. The molecule has 6 heteroatoms. The lowest BCUT2D eigenvalue weighted by Crippen LogP contribution is -2.41. The number of halogens is 2. The molecule has 0 heterocycles. The topological polar surface area (TPSA) is 39.7 Å². The minimum atomic E-state index is 0. The molecule has 2 aromatic carbocycles. The Labute approximate surface area is 172 Å². The summed E-state index contributed by atoms with van der Waals surface area (Å²) in [5.41, 5.74) is 2.44. The van der Waals surface area contributed by atoms with E-state index in [1.807, 2.05) is 30.3 Å². The van der Waals surface area contributed by atoms with Crippen LogP contribution in [0.5, 0.6) is 0 Å². The standard InChI is InChI=1S/C19H25ClN4.HI/c1-21-19(22-13-15-9-11-17(20)12-10-15)23-14-18(24(2)3)16-7-5-4-6-8-16;/h4-12,18H,13-14H2,1-3H3,(H2,21,22,23);1H. The SMILES string of the molecule is CN=C(NCc1ccc(Cl)cc1)NCC(c1ccccc1)N(C)C.I. The monoisotopic (exact) mass is 472 g/mol. The van der Waals surface area contributed by atoms with E-state index >= 15 is 0 Å². The third kappa shape index (κ3) is 7.22. The third-order valence-corrected chi connectivity index (χ3v) is 4.12. The van der Waals surface area contributed by atoms with E-state index in [9.17, 15) is 0 Å². The predicted octanol–water partition coefficient (Wildman–Crippen LogP) is 3.93. The number of hydrogen-bond acceptors (Lipinski definition) is 2. The van der Waals surface area contributed by atoms with Gasteiger partial charge in [-0.15, -0.1) is 24.0 Å². The van der Waals surface area contributed by atoms with Crippen LogP contribution in [0.1, 0.15) is 17.2 Å². The number of rotatable bonds is 6. The summed E-state index contributed by atoms with van der Waals surface area (Å²) in [6.07, 6.45) is 0. The summed E-state index contributed by atoms with van der Waals surface area (Å²) in [4.78, 5) is 6.50. The van der Waals surface area contributed by atoms with Crippen LogP contribution < -0.4 is 10.6 Å². The van der Waals surface area contributed by atoms with Crippen molar-refractivity contribution in [3.05, 3.63) is 70.7 Å². The van der Waals surface area contributed by atoms with Gasteiger partial charge in [-0.2, -0.15) is 0 Å². The fraction of sp³-hybridized carbons (Fsp3) is 0.316. The Kier molecular flexibility index (Phi) is 9.85. The van der Waals surface area contributed by atoms with E-state index < -0.39 is 0 Å². The molecule has 1 unspecified atom stereocenters. The molecular formula is C19H26ClIN4. The zero-order chi connectivity index (χ0) is 17.4. The molecule has 0 aliphatic rings. The van der Waals surface area contributed by atoms with Crippen molar-refractivity contribution in [1.29, 1.82) is 0 Å². The lowest BCUT2D eigenvalue weighted by molar-refractivity contribution is 0.298. The maximum absolute atomic E-state index is 5.91. The van der Waals surface area contributed by atoms with Gasteiger partial charge in [0.25, 0.3) is 0 Å². The highest BCUT2D eigenvalue weighted by Crippen LogP contribution is 2.16. The first kappa shape index (κ1) is 21.7. The summed E-state index contributed by atoms with van der Waals surface area (Å²) in [5, 5.41) is 7.48. The van der Waals surface area contributed by atoms with Crippen LogP contribution in [0.4, 0.5) is 0 Å². The molecule has 0 saturated heterocycles. The molecule has 0 bridgehead atoms. The Morgan fingerprint density at radius 1 is 1.04 bits per heavy atom. The van der Waals surface area contributed by atoms with Crippen molar-refractivity contribution in [2.45, 2.75) is 12.6 Å². The molecule has 136 valence electrons. The van der Waals surface area contributed by atoms with Crippen molar-refractivity contribution in [3.63, 3.8) is 0 Å². The highest BCUT2D eigenvalue weighted by atomic mass is 127. The van der Waals surface area contributed by atoms with Gasteiger partial charge in [0.2, 0.25) is 0 Å². The summed E-state index contributed by atoms with van der Waals surface area (Å²) in [7, 11) is 5.96. The van der Waals surface area contributed by atoms with E-state index in [1.54, 1.807) is 7.05 Å². The first-order chi connectivity index (χ1) is 11.6. The molecule has 0 aromatic heterocycles. The Morgan fingerprint density at radius 2 is 1.68 bits per heavy atom. The summed E-state index contributed by atoms with van der Waals surface area (Å²) >= 11 is 5.91. The van der Waals surface area contributed by atoms with Crippen LogP contribution in [-0.4, -0.2) is 38.5 Å². The molecule has 0 aliphatic heterocycles. The molecule has 2 N–H and O–H groups in total. The van der Waals surface area contributed by atoms with Gasteiger partial charge in [-0.05, 0) is 37.4 Å². The smallest absolute Gasteiger partial charge is 0.191 e. The number of likely N-dealkylation sites (N-methyl/N-ethyl adjacent to an activating group) is 1. The van der Waals surface area contributed by atoms with Crippen molar-refractivity contribution < 1.29 is 0 Å². The molecule has 2 rings (SSSR count). The highest BCUT2D eigenvalue weighted by Gasteiger charge is 2.14. The zero-order valence-electron chi connectivity index (χ0n) is 14.9. The molecular weight excluding hydrogens is 447 g/mol. The Bertz CT molecular complexity index is 644. The van der Waals surface area contributed by atoms with Gasteiger partial charge in [0, 0.05) is 25.2 Å². The van der Waals surface area contributed by atoms with Crippen LogP contribution in [0.25, 0.3) is 0 Å². The van der Waals surface area contributed by atoms with Crippen LogP contribution in [0.2, 0.25) is 5.02 Å². The second-order valence-corrected chi connectivity index (χ2v) is 6.26. The number of nitrogens with one attached hydrogen (secondary N) is 2. The quantitative estimate of drug-likeness (QED) is 0.380. The fourth-order valence-electron chi connectivity index (χ4n) is 2.48. The van der Waals surface area contributed by atoms with Crippen LogP contribution in [0, 0.1) is 0 Å². The summed E-state index contributed by atoms with van der Waals surface area (Å²) < 4.78 is 0. The van der Waals surface area contributed by atoms with E-state index in [1.165, 1.54) is 5.56 Å². The Balaban J connectivity index is 0.00000312. The first-order valence-electron chi connectivity index (χ1n) is 8.00.